The SMILES string of the molecule is Cc1ccc(S(=O)(=O)N2CCC(NS(C)(=O)=O)CC2)c(Br)c1. The van der Waals surface area contributed by atoms with Crippen molar-refractivity contribution in [2.75, 3.05) is 19.3 Å². The van der Waals surface area contributed by atoms with Gasteiger partial charge in [0.1, 0.15) is 0 Å². The molecule has 1 N–H and O–H groups in total. The molecular formula is C13H19BrN2O4S2. The van der Waals surface area contributed by atoms with Gasteiger partial charge in [0, 0.05) is 23.6 Å². The van der Waals surface area contributed by atoms with Crippen molar-refractivity contribution < 1.29 is 16.8 Å². The standard InChI is InChI=1S/C13H19BrN2O4S2/c1-10-3-4-13(12(14)9-10)22(19,20)16-7-5-11(6-8-16)15-21(2,17)18/h3-4,9,11,15H,5-8H2,1-2H3. The molecule has 0 amide bonds. The van der Waals surface area contributed by atoms with Gasteiger partial charge in [0.25, 0.3) is 0 Å². The van der Waals surface area contributed by atoms with Crippen LogP contribution in [0.3, 0.4) is 0 Å². The van der Waals surface area contributed by atoms with Crippen LogP contribution in [0.1, 0.15) is 18.4 Å². The van der Waals surface area contributed by atoms with Crippen molar-refractivity contribution in [3.8, 4) is 0 Å². The molecule has 0 atom stereocenters. The fourth-order valence-corrected chi connectivity index (χ4v) is 5.93. The monoisotopic (exact) mass is 410 g/mol. The molecule has 0 aromatic heterocycles. The summed E-state index contributed by atoms with van der Waals surface area (Å²) in [6.07, 6.45) is 2.05. The van der Waals surface area contributed by atoms with Crippen molar-refractivity contribution in [1.82, 2.24) is 9.03 Å². The van der Waals surface area contributed by atoms with E-state index in [1.54, 1.807) is 18.2 Å². The Hall–Kier alpha value is -0.480. The second kappa shape index (κ2) is 6.56. The van der Waals surface area contributed by atoms with Crippen molar-refractivity contribution in [2.24, 2.45) is 0 Å². The molecule has 6 nitrogen and oxygen atoms in total. The summed E-state index contributed by atoms with van der Waals surface area (Å²) in [4.78, 5) is 0.243. The van der Waals surface area contributed by atoms with Crippen LogP contribution in [0, 0.1) is 6.92 Å². The molecule has 1 aliphatic rings. The second-order valence-corrected chi connectivity index (χ2v) is 10.0. The van der Waals surface area contributed by atoms with Gasteiger partial charge in [-0.15, -0.1) is 0 Å². The Morgan fingerprint density at radius 3 is 2.27 bits per heavy atom. The van der Waals surface area contributed by atoms with Gasteiger partial charge in [0.05, 0.1) is 11.2 Å². The lowest BCUT2D eigenvalue weighted by Gasteiger charge is -2.31. The zero-order valence-corrected chi connectivity index (χ0v) is 15.6. The molecule has 2 rings (SSSR count). The average Bonchev–Trinajstić information content (AvgIpc) is 2.36. The van der Waals surface area contributed by atoms with E-state index >= 15 is 0 Å². The molecule has 0 radical (unpaired) electrons. The maximum absolute atomic E-state index is 12.7. The highest BCUT2D eigenvalue weighted by Gasteiger charge is 2.31. The van der Waals surface area contributed by atoms with E-state index in [0.29, 0.717) is 30.4 Å². The van der Waals surface area contributed by atoms with Crippen LogP contribution in [-0.4, -0.2) is 46.5 Å². The zero-order chi connectivity index (χ0) is 16.5. The number of rotatable bonds is 4. The Morgan fingerprint density at radius 2 is 1.77 bits per heavy atom. The number of aryl methyl sites for hydroxylation is 1. The quantitative estimate of drug-likeness (QED) is 0.813. The first-order valence-electron chi connectivity index (χ1n) is 6.83. The predicted molar refractivity (Wildman–Crippen MR) is 88.6 cm³/mol. The lowest BCUT2D eigenvalue weighted by atomic mass is 10.1. The topological polar surface area (TPSA) is 83.6 Å². The first-order valence-corrected chi connectivity index (χ1v) is 11.0. The third-order valence-corrected chi connectivity index (χ3v) is 7.18. The van der Waals surface area contributed by atoms with E-state index in [0.717, 1.165) is 11.8 Å². The lowest BCUT2D eigenvalue weighted by Crippen LogP contribution is -2.46. The van der Waals surface area contributed by atoms with Gasteiger partial charge in [-0.3, -0.25) is 0 Å². The summed E-state index contributed by atoms with van der Waals surface area (Å²) in [5.41, 5.74) is 0.974. The van der Waals surface area contributed by atoms with Crippen LogP contribution < -0.4 is 4.72 Å². The minimum Gasteiger partial charge on any atom is -0.213 e. The van der Waals surface area contributed by atoms with Gasteiger partial charge in [0.2, 0.25) is 20.0 Å². The molecule has 1 heterocycles. The molecule has 0 bridgehead atoms. The van der Waals surface area contributed by atoms with E-state index in [1.807, 2.05) is 6.92 Å². The van der Waals surface area contributed by atoms with Crippen LogP contribution in [-0.2, 0) is 20.0 Å². The number of hydrogen-bond donors (Lipinski definition) is 1. The normalized spacial score (nSPS) is 18.5. The smallest absolute Gasteiger partial charge is 0.213 e. The van der Waals surface area contributed by atoms with Crippen LogP contribution in [0.25, 0.3) is 0 Å². The summed E-state index contributed by atoms with van der Waals surface area (Å²) in [5, 5.41) is 0. The number of hydrogen-bond acceptors (Lipinski definition) is 4. The maximum atomic E-state index is 12.7. The number of halogens is 1. The Bertz CT molecular complexity index is 754. The first kappa shape index (κ1) is 17.9. The summed E-state index contributed by atoms with van der Waals surface area (Å²) >= 11 is 3.30. The zero-order valence-electron chi connectivity index (χ0n) is 12.4. The van der Waals surface area contributed by atoms with E-state index in [1.165, 1.54) is 4.31 Å². The molecule has 1 aromatic rings. The summed E-state index contributed by atoms with van der Waals surface area (Å²) < 4.78 is 52.3. The van der Waals surface area contributed by atoms with Crippen molar-refractivity contribution in [2.45, 2.75) is 30.7 Å². The highest BCUT2D eigenvalue weighted by molar-refractivity contribution is 9.10. The van der Waals surface area contributed by atoms with Gasteiger partial charge in [-0.2, -0.15) is 4.31 Å². The van der Waals surface area contributed by atoms with Gasteiger partial charge in [0.15, 0.2) is 0 Å². The van der Waals surface area contributed by atoms with E-state index < -0.39 is 20.0 Å². The highest BCUT2D eigenvalue weighted by atomic mass is 79.9. The fourth-order valence-electron chi connectivity index (χ4n) is 2.47. The van der Waals surface area contributed by atoms with Gasteiger partial charge < -0.3 is 0 Å². The highest BCUT2D eigenvalue weighted by Crippen LogP contribution is 2.28. The van der Waals surface area contributed by atoms with E-state index in [4.69, 9.17) is 0 Å². The number of nitrogens with one attached hydrogen (secondary N) is 1. The van der Waals surface area contributed by atoms with Crippen molar-refractivity contribution in [3.05, 3.63) is 28.2 Å². The third-order valence-electron chi connectivity index (χ3n) is 3.54. The molecule has 1 aliphatic heterocycles. The van der Waals surface area contributed by atoms with Gasteiger partial charge in [-0.1, -0.05) is 6.07 Å². The predicted octanol–water partition coefficient (Wildman–Crippen LogP) is 1.46. The summed E-state index contributed by atoms with van der Waals surface area (Å²) in [6.45, 7) is 2.50. The van der Waals surface area contributed by atoms with E-state index in [9.17, 15) is 16.8 Å². The Kier molecular flexibility index (Phi) is 5.33. The maximum Gasteiger partial charge on any atom is 0.244 e. The van der Waals surface area contributed by atoms with Crippen molar-refractivity contribution >= 4 is 36.0 Å². The van der Waals surface area contributed by atoms with Crippen molar-refractivity contribution in [1.29, 1.82) is 0 Å². The minimum atomic E-state index is -3.57. The van der Waals surface area contributed by atoms with Crippen LogP contribution in [0.4, 0.5) is 0 Å². The molecule has 1 saturated heterocycles. The van der Waals surface area contributed by atoms with Crippen LogP contribution in [0.5, 0.6) is 0 Å². The van der Waals surface area contributed by atoms with Crippen molar-refractivity contribution in [3.63, 3.8) is 0 Å². The largest absolute Gasteiger partial charge is 0.244 e. The molecule has 0 aliphatic carbocycles. The fraction of sp³-hybridized carbons (Fsp3) is 0.538. The molecular weight excluding hydrogens is 392 g/mol. The second-order valence-electron chi connectivity index (χ2n) is 5.50. The molecule has 0 unspecified atom stereocenters. The Morgan fingerprint density at radius 1 is 1.18 bits per heavy atom. The molecule has 22 heavy (non-hydrogen) atoms. The first-order chi connectivity index (χ1) is 10.1. The number of piperidine rings is 1. The van der Waals surface area contributed by atoms with Gasteiger partial charge >= 0.3 is 0 Å². The average molecular weight is 411 g/mol. The molecule has 1 fully saturated rings. The molecule has 0 saturated carbocycles. The van der Waals surface area contributed by atoms with Gasteiger partial charge in [-0.05, 0) is 53.4 Å². The van der Waals surface area contributed by atoms with Gasteiger partial charge in [-0.25, -0.2) is 21.6 Å². The van der Waals surface area contributed by atoms with E-state index in [-0.39, 0.29) is 10.9 Å². The summed E-state index contributed by atoms with van der Waals surface area (Å²) in [6, 6.07) is 4.92. The molecule has 124 valence electrons. The van der Waals surface area contributed by atoms with Crippen LogP contribution >= 0.6 is 15.9 Å². The summed E-state index contributed by atoms with van der Waals surface area (Å²) in [5.74, 6) is 0. The molecule has 0 spiro atoms. The Labute approximate surface area is 140 Å². The third kappa shape index (κ3) is 4.29. The molecule has 1 aromatic carbocycles. The van der Waals surface area contributed by atoms with Crippen LogP contribution in [0.15, 0.2) is 27.6 Å². The van der Waals surface area contributed by atoms with Crippen LogP contribution in [0.2, 0.25) is 0 Å². The minimum absolute atomic E-state index is 0.206. The Balaban J connectivity index is 2.13. The lowest BCUT2D eigenvalue weighted by molar-refractivity contribution is 0.308. The number of benzene rings is 1. The van der Waals surface area contributed by atoms with E-state index in [2.05, 4.69) is 20.7 Å². The molecule has 9 heteroatoms. The number of nitrogens with zero attached hydrogens (tertiary/aromatic N) is 1. The number of sulfonamides is 2. The summed E-state index contributed by atoms with van der Waals surface area (Å²) in [7, 11) is -6.83.